The lowest BCUT2D eigenvalue weighted by atomic mass is 9.92. The fourth-order valence-electron chi connectivity index (χ4n) is 2.82. The van der Waals surface area contributed by atoms with Crippen LogP contribution in [0, 0.1) is 0 Å². The number of aromatic carboxylic acids is 1. The number of unbranched alkanes of at least 4 members (excludes halogenated alkanes) is 4. The van der Waals surface area contributed by atoms with Crippen LogP contribution in [0.15, 0.2) is 48.5 Å². The SMILES string of the molecule is CCCCCCCc1ccccc1-c1ccccc1C(=O)O. The van der Waals surface area contributed by atoms with Crippen molar-refractivity contribution in [3.05, 3.63) is 59.7 Å². The van der Waals surface area contributed by atoms with E-state index < -0.39 is 5.97 Å². The average molecular weight is 296 g/mol. The zero-order valence-corrected chi connectivity index (χ0v) is 13.2. The summed E-state index contributed by atoms with van der Waals surface area (Å²) >= 11 is 0. The molecule has 0 bridgehead atoms. The molecular formula is C20H24O2. The van der Waals surface area contributed by atoms with Crippen LogP contribution in [0.2, 0.25) is 0 Å². The van der Waals surface area contributed by atoms with E-state index in [2.05, 4.69) is 13.0 Å². The minimum Gasteiger partial charge on any atom is -0.478 e. The summed E-state index contributed by atoms with van der Waals surface area (Å²) in [5.74, 6) is -0.867. The molecule has 0 spiro atoms. The highest BCUT2D eigenvalue weighted by molar-refractivity contribution is 5.96. The lowest BCUT2D eigenvalue weighted by Crippen LogP contribution is -2.00. The lowest BCUT2D eigenvalue weighted by Gasteiger charge is -2.12. The Kier molecular flexibility index (Phi) is 6.20. The monoisotopic (exact) mass is 296 g/mol. The average Bonchev–Trinajstić information content (AvgIpc) is 2.55. The molecule has 2 aromatic rings. The normalized spacial score (nSPS) is 10.6. The minimum atomic E-state index is -0.867. The van der Waals surface area contributed by atoms with Crippen LogP contribution in [-0.4, -0.2) is 11.1 Å². The number of hydrogen-bond donors (Lipinski definition) is 1. The molecule has 2 heteroatoms. The summed E-state index contributed by atoms with van der Waals surface area (Å²) in [5, 5.41) is 9.39. The van der Waals surface area contributed by atoms with Crippen LogP contribution < -0.4 is 0 Å². The largest absolute Gasteiger partial charge is 0.478 e. The van der Waals surface area contributed by atoms with Crippen molar-refractivity contribution in [2.24, 2.45) is 0 Å². The molecule has 1 N–H and O–H groups in total. The van der Waals surface area contributed by atoms with Crippen molar-refractivity contribution in [2.45, 2.75) is 45.4 Å². The van der Waals surface area contributed by atoms with Crippen LogP contribution in [0.5, 0.6) is 0 Å². The van der Waals surface area contributed by atoms with Crippen molar-refractivity contribution in [1.29, 1.82) is 0 Å². The van der Waals surface area contributed by atoms with Crippen molar-refractivity contribution < 1.29 is 9.90 Å². The van der Waals surface area contributed by atoms with Gasteiger partial charge in [0.2, 0.25) is 0 Å². The summed E-state index contributed by atoms with van der Waals surface area (Å²) in [4.78, 5) is 11.4. The number of aryl methyl sites for hydroxylation is 1. The van der Waals surface area contributed by atoms with Gasteiger partial charge in [0.1, 0.15) is 0 Å². The van der Waals surface area contributed by atoms with Crippen LogP contribution in [-0.2, 0) is 6.42 Å². The van der Waals surface area contributed by atoms with Gasteiger partial charge in [-0.2, -0.15) is 0 Å². The fourth-order valence-corrected chi connectivity index (χ4v) is 2.82. The maximum absolute atomic E-state index is 11.4. The van der Waals surface area contributed by atoms with Gasteiger partial charge >= 0.3 is 5.97 Å². The van der Waals surface area contributed by atoms with E-state index in [0.717, 1.165) is 24.0 Å². The first kappa shape index (κ1) is 16.3. The first-order valence-electron chi connectivity index (χ1n) is 8.14. The summed E-state index contributed by atoms with van der Waals surface area (Å²) in [6, 6.07) is 15.4. The smallest absolute Gasteiger partial charge is 0.336 e. The Hall–Kier alpha value is -2.09. The third-order valence-corrected chi connectivity index (χ3v) is 4.01. The van der Waals surface area contributed by atoms with Crippen molar-refractivity contribution in [3.8, 4) is 11.1 Å². The van der Waals surface area contributed by atoms with Gasteiger partial charge in [-0.1, -0.05) is 75.1 Å². The predicted molar refractivity (Wildman–Crippen MR) is 91.3 cm³/mol. The van der Waals surface area contributed by atoms with Gasteiger partial charge in [-0.05, 0) is 35.6 Å². The van der Waals surface area contributed by atoms with E-state index in [1.54, 1.807) is 12.1 Å². The molecule has 0 aromatic heterocycles. The number of carboxylic acids is 1. The highest BCUT2D eigenvalue weighted by atomic mass is 16.4. The van der Waals surface area contributed by atoms with Crippen molar-refractivity contribution in [3.63, 3.8) is 0 Å². The van der Waals surface area contributed by atoms with Crippen molar-refractivity contribution >= 4 is 5.97 Å². The molecule has 0 fully saturated rings. The number of hydrogen-bond acceptors (Lipinski definition) is 1. The molecule has 0 unspecified atom stereocenters. The Labute approximate surface area is 132 Å². The number of carbonyl (C=O) groups is 1. The summed E-state index contributed by atoms with van der Waals surface area (Å²) in [5.41, 5.74) is 3.49. The first-order chi connectivity index (χ1) is 10.7. The van der Waals surface area contributed by atoms with Crippen LogP contribution in [0.4, 0.5) is 0 Å². The molecule has 0 saturated carbocycles. The number of benzene rings is 2. The van der Waals surface area contributed by atoms with Crippen LogP contribution in [0.3, 0.4) is 0 Å². The zero-order valence-electron chi connectivity index (χ0n) is 13.2. The van der Waals surface area contributed by atoms with Crippen molar-refractivity contribution in [2.75, 3.05) is 0 Å². The van der Waals surface area contributed by atoms with Gasteiger partial charge in [0.25, 0.3) is 0 Å². The highest BCUT2D eigenvalue weighted by Gasteiger charge is 2.13. The molecule has 0 amide bonds. The van der Waals surface area contributed by atoms with Crippen LogP contribution >= 0.6 is 0 Å². The molecule has 22 heavy (non-hydrogen) atoms. The lowest BCUT2D eigenvalue weighted by molar-refractivity contribution is 0.0697. The van der Waals surface area contributed by atoms with Gasteiger partial charge in [-0.15, -0.1) is 0 Å². The van der Waals surface area contributed by atoms with E-state index in [9.17, 15) is 9.90 Å². The van der Waals surface area contributed by atoms with Crippen molar-refractivity contribution in [1.82, 2.24) is 0 Å². The van der Waals surface area contributed by atoms with Gasteiger partial charge in [-0.25, -0.2) is 4.79 Å². The molecule has 0 radical (unpaired) electrons. The molecule has 116 valence electrons. The first-order valence-corrected chi connectivity index (χ1v) is 8.14. The summed E-state index contributed by atoms with van der Waals surface area (Å²) < 4.78 is 0. The molecule has 2 nitrogen and oxygen atoms in total. The molecule has 0 aliphatic carbocycles. The van der Waals surface area contributed by atoms with E-state index in [4.69, 9.17) is 0 Å². The third-order valence-electron chi connectivity index (χ3n) is 4.01. The number of carboxylic acid groups (broad SMARTS) is 1. The van der Waals surface area contributed by atoms with Crippen LogP contribution in [0.25, 0.3) is 11.1 Å². The molecule has 2 aromatic carbocycles. The number of rotatable bonds is 8. The van der Waals surface area contributed by atoms with E-state index in [1.165, 1.54) is 31.2 Å². The zero-order chi connectivity index (χ0) is 15.8. The predicted octanol–water partition coefficient (Wildman–Crippen LogP) is 5.56. The fraction of sp³-hybridized carbons (Fsp3) is 0.350. The highest BCUT2D eigenvalue weighted by Crippen LogP contribution is 2.28. The van der Waals surface area contributed by atoms with E-state index in [-0.39, 0.29) is 0 Å². The molecule has 0 heterocycles. The molecule has 0 aliphatic heterocycles. The van der Waals surface area contributed by atoms with Gasteiger partial charge in [-0.3, -0.25) is 0 Å². The second-order valence-corrected chi connectivity index (χ2v) is 5.67. The molecule has 0 aliphatic rings. The molecular weight excluding hydrogens is 272 g/mol. The molecule has 0 saturated heterocycles. The Morgan fingerprint density at radius 1 is 0.864 bits per heavy atom. The van der Waals surface area contributed by atoms with Gasteiger partial charge in [0.15, 0.2) is 0 Å². The van der Waals surface area contributed by atoms with Crippen LogP contribution in [0.1, 0.15) is 54.9 Å². The van der Waals surface area contributed by atoms with Gasteiger partial charge < -0.3 is 5.11 Å². The van der Waals surface area contributed by atoms with E-state index >= 15 is 0 Å². The minimum absolute atomic E-state index is 0.376. The van der Waals surface area contributed by atoms with E-state index in [1.807, 2.05) is 30.3 Å². The Bertz CT molecular complexity index is 617. The van der Waals surface area contributed by atoms with Gasteiger partial charge in [0, 0.05) is 0 Å². The Morgan fingerprint density at radius 2 is 1.50 bits per heavy atom. The summed E-state index contributed by atoms with van der Waals surface area (Å²) in [6.45, 7) is 2.22. The van der Waals surface area contributed by atoms with E-state index in [0.29, 0.717) is 5.56 Å². The second-order valence-electron chi connectivity index (χ2n) is 5.67. The third kappa shape index (κ3) is 4.20. The Balaban J connectivity index is 2.20. The molecule has 2 rings (SSSR count). The summed E-state index contributed by atoms with van der Waals surface area (Å²) in [7, 11) is 0. The topological polar surface area (TPSA) is 37.3 Å². The summed E-state index contributed by atoms with van der Waals surface area (Å²) in [6.07, 6.45) is 7.24. The maximum Gasteiger partial charge on any atom is 0.336 e. The Morgan fingerprint density at radius 3 is 2.23 bits per heavy atom. The second kappa shape index (κ2) is 8.38. The maximum atomic E-state index is 11.4. The quantitative estimate of drug-likeness (QED) is 0.647. The van der Waals surface area contributed by atoms with Gasteiger partial charge in [0.05, 0.1) is 5.56 Å². The molecule has 0 atom stereocenters. The standard InChI is InChI=1S/C20H24O2/c1-2-3-4-5-6-11-16-12-7-8-13-17(16)18-14-9-10-15-19(18)20(21)22/h7-10,12-15H,2-6,11H2,1H3,(H,21,22).